The van der Waals surface area contributed by atoms with Crippen LogP contribution in [-0.4, -0.2) is 11.7 Å². The minimum atomic E-state index is -0.402. The Morgan fingerprint density at radius 2 is 2.12 bits per heavy atom. The van der Waals surface area contributed by atoms with E-state index in [9.17, 15) is 4.79 Å². The molecule has 0 spiro atoms. The van der Waals surface area contributed by atoms with Crippen LogP contribution in [0.25, 0.3) is 0 Å². The van der Waals surface area contributed by atoms with Crippen LogP contribution in [0, 0.1) is 0 Å². The zero-order chi connectivity index (χ0) is 12.3. The molecule has 1 aromatic carbocycles. The molecule has 1 aromatic rings. The Labute approximate surface area is 101 Å². The van der Waals surface area contributed by atoms with Crippen LogP contribution in [0.15, 0.2) is 43.0 Å². The van der Waals surface area contributed by atoms with Crippen molar-refractivity contribution < 1.29 is 4.79 Å². The van der Waals surface area contributed by atoms with Crippen molar-refractivity contribution in [2.24, 2.45) is 0 Å². The van der Waals surface area contributed by atoms with Crippen LogP contribution >= 0.6 is 0 Å². The highest BCUT2D eigenvalue weighted by molar-refractivity contribution is 5.93. The highest BCUT2D eigenvalue weighted by atomic mass is 16.2. The van der Waals surface area contributed by atoms with Gasteiger partial charge < -0.3 is 5.32 Å². The highest BCUT2D eigenvalue weighted by Crippen LogP contribution is 2.21. The second-order valence-electron chi connectivity index (χ2n) is 4.37. The molecule has 2 rings (SSSR count). The first-order valence-electron chi connectivity index (χ1n) is 5.71. The van der Waals surface area contributed by atoms with Gasteiger partial charge in [-0.1, -0.05) is 24.3 Å². The largest absolute Gasteiger partial charge is 0.338 e. The Balaban J connectivity index is 2.12. The number of para-hydroxylation sites is 1. The fourth-order valence-corrected chi connectivity index (χ4v) is 1.89. The maximum absolute atomic E-state index is 11.9. The fourth-order valence-electron chi connectivity index (χ4n) is 1.89. The Morgan fingerprint density at radius 1 is 1.41 bits per heavy atom. The predicted molar refractivity (Wildman–Crippen MR) is 68.4 cm³/mol. The average molecular weight is 231 g/mol. The average Bonchev–Trinajstić information content (AvgIpc) is 2.64. The summed E-state index contributed by atoms with van der Waals surface area (Å²) in [6, 6.07) is 9.40. The minimum Gasteiger partial charge on any atom is -0.317 e. The van der Waals surface area contributed by atoms with E-state index in [2.05, 4.69) is 17.3 Å². The fraction of sp³-hybridized carbons (Fsp3) is 0.308. The summed E-state index contributed by atoms with van der Waals surface area (Å²) in [5.74, 6) is 0. The van der Waals surface area contributed by atoms with Crippen molar-refractivity contribution >= 4 is 11.7 Å². The topological polar surface area (TPSA) is 44.4 Å². The molecule has 2 amide bonds. The van der Waals surface area contributed by atoms with Gasteiger partial charge in [-0.15, -0.1) is 6.58 Å². The van der Waals surface area contributed by atoms with Crippen molar-refractivity contribution in [1.82, 2.24) is 10.7 Å². The number of benzene rings is 1. The third-order valence-corrected chi connectivity index (χ3v) is 2.81. The lowest BCUT2D eigenvalue weighted by Gasteiger charge is -2.24. The molecule has 1 fully saturated rings. The smallest absolute Gasteiger partial charge is 0.317 e. The molecule has 1 atom stereocenters. The van der Waals surface area contributed by atoms with E-state index in [-0.39, 0.29) is 6.03 Å². The molecule has 17 heavy (non-hydrogen) atoms. The van der Waals surface area contributed by atoms with E-state index >= 15 is 0 Å². The Bertz CT molecular complexity index is 418. The zero-order valence-corrected chi connectivity index (χ0v) is 9.94. The van der Waals surface area contributed by atoms with E-state index < -0.39 is 5.66 Å². The molecule has 0 saturated carbocycles. The molecule has 1 aliphatic rings. The molecule has 0 radical (unpaired) electrons. The number of hydrogen-bond donors (Lipinski definition) is 2. The summed E-state index contributed by atoms with van der Waals surface area (Å²) >= 11 is 0. The monoisotopic (exact) mass is 231 g/mol. The molecule has 4 heteroatoms. The predicted octanol–water partition coefficient (Wildman–Crippen LogP) is 2.40. The van der Waals surface area contributed by atoms with E-state index in [1.54, 1.807) is 5.01 Å². The molecule has 2 N–H and O–H groups in total. The molecule has 1 heterocycles. The van der Waals surface area contributed by atoms with Gasteiger partial charge in [-0.2, -0.15) is 0 Å². The molecule has 0 aliphatic carbocycles. The van der Waals surface area contributed by atoms with Crippen LogP contribution in [0.4, 0.5) is 10.5 Å². The summed E-state index contributed by atoms with van der Waals surface area (Å²) in [5, 5.41) is 4.49. The number of nitrogens with zero attached hydrogens (tertiary/aromatic N) is 1. The summed E-state index contributed by atoms with van der Waals surface area (Å²) in [6.07, 6.45) is 3.52. The molecule has 0 aromatic heterocycles. The first-order valence-corrected chi connectivity index (χ1v) is 5.71. The summed E-state index contributed by atoms with van der Waals surface area (Å²) < 4.78 is 0. The number of carbonyl (C=O) groups excluding carboxylic acids is 1. The molecule has 1 unspecified atom stereocenters. The van der Waals surface area contributed by atoms with Gasteiger partial charge in [0.15, 0.2) is 0 Å². The lowest BCUT2D eigenvalue weighted by molar-refractivity contribution is 0.246. The molecular formula is C13H17N3O. The van der Waals surface area contributed by atoms with Gasteiger partial charge in [-0.05, 0) is 31.9 Å². The maximum atomic E-state index is 11.9. The quantitative estimate of drug-likeness (QED) is 0.781. The summed E-state index contributed by atoms with van der Waals surface area (Å²) in [6.45, 7) is 5.66. The number of carbonyl (C=O) groups is 1. The zero-order valence-electron chi connectivity index (χ0n) is 9.94. The van der Waals surface area contributed by atoms with Crippen molar-refractivity contribution in [3.05, 3.63) is 43.0 Å². The van der Waals surface area contributed by atoms with Crippen LogP contribution in [-0.2, 0) is 0 Å². The number of urea groups is 1. The molecule has 1 aliphatic heterocycles. The number of amides is 2. The van der Waals surface area contributed by atoms with Crippen LogP contribution in [0.2, 0.25) is 0 Å². The minimum absolute atomic E-state index is 0.122. The van der Waals surface area contributed by atoms with Crippen molar-refractivity contribution in [2.45, 2.75) is 25.4 Å². The number of rotatable bonds is 4. The first-order chi connectivity index (χ1) is 8.14. The van der Waals surface area contributed by atoms with Crippen molar-refractivity contribution in [3.63, 3.8) is 0 Å². The molecule has 1 saturated heterocycles. The van der Waals surface area contributed by atoms with Gasteiger partial charge in [0.25, 0.3) is 0 Å². The van der Waals surface area contributed by atoms with Crippen LogP contribution in [0.1, 0.15) is 19.8 Å². The maximum Gasteiger partial charge on any atom is 0.338 e. The number of allylic oxidation sites excluding steroid dienone is 1. The van der Waals surface area contributed by atoms with E-state index in [1.165, 1.54) is 0 Å². The van der Waals surface area contributed by atoms with E-state index in [1.807, 2.05) is 43.3 Å². The molecule has 90 valence electrons. The number of hydrazine groups is 1. The first kappa shape index (κ1) is 11.7. The van der Waals surface area contributed by atoms with Crippen LogP contribution < -0.4 is 15.8 Å². The Kier molecular flexibility index (Phi) is 3.15. The molecular weight excluding hydrogens is 214 g/mol. The van der Waals surface area contributed by atoms with Gasteiger partial charge in [0, 0.05) is 0 Å². The molecule has 4 nitrogen and oxygen atoms in total. The normalized spacial score (nSPS) is 23.6. The van der Waals surface area contributed by atoms with Crippen LogP contribution in [0.3, 0.4) is 0 Å². The van der Waals surface area contributed by atoms with Gasteiger partial charge in [0.05, 0.1) is 5.69 Å². The van der Waals surface area contributed by atoms with E-state index in [0.29, 0.717) is 0 Å². The number of anilines is 1. The van der Waals surface area contributed by atoms with Gasteiger partial charge >= 0.3 is 6.03 Å². The van der Waals surface area contributed by atoms with Crippen molar-refractivity contribution in [3.8, 4) is 0 Å². The lowest BCUT2D eigenvalue weighted by Crippen LogP contribution is -2.48. The number of nitrogens with one attached hydrogen (secondary N) is 2. The second kappa shape index (κ2) is 4.59. The van der Waals surface area contributed by atoms with Gasteiger partial charge in [0.2, 0.25) is 0 Å². The Hall–Kier alpha value is -1.81. The van der Waals surface area contributed by atoms with Gasteiger partial charge in [-0.25, -0.2) is 15.2 Å². The standard InChI is InChI=1S/C13H17N3O/c1-3-4-10-13(2)14-12(17)16(15-13)11-8-6-5-7-9-11/h3,5-9,15H,1,4,10H2,2H3,(H,14,17). The van der Waals surface area contributed by atoms with Gasteiger partial charge in [0.1, 0.15) is 5.66 Å². The SMILES string of the molecule is C=CCCC1(C)NC(=O)N(c2ccccc2)N1. The summed E-state index contributed by atoms with van der Waals surface area (Å²) in [7, 11) is 0. The summed E-state index contributed by atoms with van der Waals surface area (Å²) in [5.41, 5.74) is 3.63. The third kappa shape index (κ3) is 2.47. The second-order valence-corrected chi connectivity index (χ2v) is 4.37. The van der Waals surface area contributed by atoms with Crippen molar-refractivity contribution in [2.75, 3.05) is 5.01 Å². The number of hydrogen-bond acceptors (Lipinski definition) is 2. The van der Waals surface area contributed by atoms with Crippen LogP contribution in [0.5, 0.6) is 0 Å². The Morgan fingerprint density at radius 3 is 2.76 bits per heavy atom. The molecule has 0 bridgehead atoms. The van der Waals surface area contributed by atoms with Crippen molar-refractivity contribution in [1.29, 1.82) is 0 Å². The summed E-state index contributed by atoms with van der Waals surface area (Å²) in [4.78, 5) is 11.9. The van der Waals surface area contributed by atoms with E-state index in [0.717, 1.165) is 18.5 Å². The van der Waals surface area contributed by atoms with E-state index in [4.69, 9.17) is 0 Å². The lowest BCUT2D eigenvalue weighted by atomic mass is 10.1. The highest BCUT2D eigenvalue weighted by Gasteiger charge is 2.38. The third-order valence-electron chi connectivity index (χ3n) is 2.81. The van der Waals surface area contributed by atoms with Gasteiger partial charge in [-0.3, -0.25) is 0 Å².